The van der Waals surface area contributed by atoms with Gasteiger partial charge in [0.05, 0.1) is 24.8 Å². The van der Waals surface area contributed by atoms with Crippen molar-refractivity contribution in [2.24, 2.45) is 10.9 Å². The lowest BCUT2D eigenvalue weighted by molar-refractivity contribution is -0.149. The predicted molar refractivity (Wildman–Crippen MR) is 118 cm³/mol. The minimum absolute atomic E-state index is 0. The number of hydrogen-bond donors (Lipinski definition) is 1. The maximum Gasteiger partial charge on any atom is 0.309 e. The molecule has 28 heavy (non-hydrogen) atoms. The molecule has 152 valence electrons. The van der Waals surface area contributed by atoms with E-state index in [1.807, 2.05) is 37.3 Å². The van der Waals surface area contributed by atoms with Crippen molar-refractivity contribution in [3.63, 3.8) is 0 Å². The summed E-state index contributed by atoms with van der Waals surface area (Å²) in [4.78, 5) is 22.9. The molecule has 2 heterocycles. The van der Waals surface area contributed by atoms with Gasteiger partial charge in [-0.05, 0) is 31.9 Å². The Balaban J connectivity index is 0.00000280. The Labute approximate surface area is 182 Å². The summed E-state index contributed by atoms with van der Waals surface area (Å²) in [6, 6.07) is 9.81. The van der Waals surface area contributed by atoms with Gasteiger partial charge in [0.2, 0.25) is 5.89 Å². The van der Waals surface area contributed by atoms with Crippen LogP contribution in [0.2, 0.25) is 0 Å². The maximum atomic E-state index is 11.9. The fraction of sp³-hybridized carbons (Fsp3) is 0.450. The lowest BCUT2D eigenvalue weighted by Crippen LogP contribution is -2.46. The monoisotopic (exact) mass is 498 g/mol. The first-order valence-corrected chi connectivity index (χ1v) is 9.33. The number of carbonyl (C=O) groups excluding carboxylic acids is 1. The first-order chi connectivity index (χ1) is 13.2. The Morgan fingerprint density at radius 3 is 2.68 bits per heavy atom. The number of ether oxygens (including phenoxy) is 1. The van der Waals surface area contributed by atoms with E-state index in [4.69, 9.17) is 9.15 Å². The Morgan fingerprint density at radius 2 is 2.04 bits per heavy atom. The maximum absolute atomic E-state index is 11.9. The van der Waals surface area contributed by atoms with Gasteiger partial charge in [0.15, 0.2) is 5.96 Å². The standard InChI is InChI=1S/C20H26N4O3.HI/c1-3-26-19(25)16-9-11-24(12-10-16)20(21-2)22-13-17-14-27-18(23-17)15-7-5-4-6-8-15;/h4-8,14,16H,3,9-13H2,1-2H3,(H,21,22);1H. The molecule has 3 rings (SSSR count). The quantitative estimate of drug-likeness (QED) is 0.295. The SMILES string of the molecule is CCOC(=O)C1CCN(C(=NC)NCc2coc(-c3ccccc3)n2)CC1.I. The molecule has 1 aromatic carbocycles. The summed E-state index contributed by atoms with van der Waals surface area (Å²) < 4.78 is 10.7. The molecule has 1 N–H and O–H groups in total. The molecule has 1 aliphatic heterocycles. The van der Waals surface area contributed by atoms with E-state index >= 15 is 0 Å². The normalized spacial score (nSPS) is 15.1. The van der Waals surface area contributed by atoms with Gasteiger partial charge in [-0.3, -0.25) is 9.79 Å². The van der Waals surface area contributed by atoms with E-state index in [9.17, 15) is 4.79 Å². The van der Waals surface area contributed by atoms with Gasteiger partial charge >= 0.3 is 5.97 Å². The van der Waals surface area contributed by atoms with Gasteiger partial charge in [-0.1, -0.05) is 18.2 Å². The molecule has 1 aliphatic rings. The first-order valence-electron chi connectivity index (χ1n) is 9.33. The molecule has 0 radical (unpaired) electrons. The van der Waals surface area contributed by atoms with Crippen LogP contribution in [0.4, 0.5) is 0 Å². The second-order valence-corrected chi connectivity index (χ2v) is 6.42. The average Bonchev–Trinajstić information content (AvgIpc) is 3.19. The number of nitrogens with one attached hydrogen (secondary N) is 1. The molecule has 0 amide bonds. The Hall–Kier alpha value is -2.10. The molecular weight excluding hydrogens is 471 g/mol. The Morgan fingerprint density at radius 1 is 1.32 bits per heavy atom. The molecule has 2 aromatic rings. The van der Waals surface area contributed by atoms with Gasteiger partial charge in [-0.2, -0.15) is 0 Å². The molecule has 1 aromatic heterocycles. The molecule has 1 fully saturated rings. The Kier molecular flexibility index (Phi) is 8.75. The number of carbonyl (C=O) groups is 1. The van der Waals surface area contributed by atoms with Crippen molar-refractivity contribution in [2.75, 3.05) is 26.7 Å². The summed E-state index contributed by atoms with van der Waals surface area (Å²) in [5, 5.41) is 3.33. The second kappa shape index (κ2) is 11.0. The van der Waals surface area contributed by atoms with E-state index in [0.29, 0.717) is 19.0 Å². The number of esters is 1. The summed E-state index contributed by atoms with van der Waals surface area (Å²) in [5.41, 5.74) is 1.77. The van der Waals surface area contributed by atoms with Crippen LogP contribution in [-0.2, 0) is 16.1 Å². The van der Waals surface area contributed by atoms with Crippen molar-refractivity contribution >= 4 is 35.9 Å². The molecule has 8 heteroatoms. The summed E-state index contributed by atoms with van der Waals surface area (Å²) in [6.45, 7) is 4.35. The number of guanidine groups is 1. The van der Waals surface area contributed by atoms with Crippen LogP contribution in [0.3, 0.4) is 0 Å². The second-order valence-electron chi connectivity index (χ2n) is 6.42. The number of piperidine rings is 1. The smallest absolute Gasteiger partial charge is 0.309 e. The molecule has 1 saturated heterocycles. The highest BCUT2D eigenvalue weighted by molar-refractivity contribution is 14.0. The van der Waals surface area contributed by atoms with E-state index in [-0.39, 0.29) is 35.9 Å². The molecule has 0 spiro atoms. The van der Waals surface area contributed by atoms with E-state index < -0.39 is 0 Å². The summed E-state index contributed by atoms with van der Waals surface area (Å²) >= 11 is 0. The average molecular weight is 498 g/mol. The van der Waals surface area contributed by atoms with Crippen LogP contribution in [0.1, 0.15) is 25.5 Å². The van der Waals surface area contributed by atoms with E-state index in [0.717, 1.165) is 43.1 Å². The largest absolute Gasteiger partial charge is 0.466 e. The molecule has 0 unspecified atom stereocenters. The molecule has 7 nitrogen and oxygen atoms in total. The topological polar surface area (TPSA) is 80.0 Å². The summed E-state index contributed by atoms with van der Waals surface area (Å²) in [6.07, 6.45) is 3.22. The van der Waals surface area contributed by atoms with Crippen molar-refractivity contribution < 1.29 is 13.9 Å². The van der Waals surface area contributed by atoms with Crippen molar-refractivity contribution in [2.45, 2.75) is 26.3 Å². The zero-order valence-corrected chi connectivity index (χ0v) is 18.6. The van der Waals surface area contributed by atoms with E-state index in [2.05, 4.69) is 20.2 Å². The lowest BCUT2D eigenvalue weighted by atomic mass is 9.97. The highest BCUT2D eigenvalue weighted by Crippen LogP contribution is 2.20. The molecule has 0 aliphatic carbocycles. The van der Waals surface area contributed by atoms with Crippen LogP contribution < -0.4 is 5.32 Å². The molecule has 0 bridgehead atoms. The number of benzene rings is 1. The van der Waals surface area contributed by atoms with Crippen LogP contribution in [0.25, 0.3) is 11.5 Å². The number of likely N-dealkylation sites (tertiary alicyclic amines) is 1. The van der Waals surface area contributed by atoms with Gasteiger partial charge in [0, 0.05) is 25.7 Å². The zero-order valence-electron chi connectivity index (χ0n) is 16.3. The van der Waals surface area contributed by atoms with Crippen LogP contribution >= 0.6 is 24.0 Å². The first kappa shape index (κ1) is 22.2. The Bertz CT molecular complexity index is 771. The van der Waals surface area contributed by atoms with Crippen molar-refractivity contribution in [3.05, 3.63) is 42.3 Å². The third-order valence-corrected chi connectivity index (χ3v) is 4.63. The van der Waals surface area contributed by atoms with Gasteiger partial charge < -0.3 is 19.4 Å². The summed E-state index contributed by atoms with van der Waals surface area (Å²) in [7, 11) is 1.76. The predicted octanol–water partition coefficient (Wildman–Crippen LogP) is 3.31. The van der Waals surface area contributed by atoms with Crippen LogP contribution in [0.15, 0.2) is 46.0 Å². The van der Waals surface area contributed by atoms with E-state index in [1.54, 1.807) is 13.3 Å². The fourth-order valence-electron chi connectivity index (χ4n) is 3.19. The van der Waals surface area contributed by atoms with Crippen molar-refractivity contribution in [1.82, 2.24) is 15.2 Å². The van der Waals surface area contributed by atoms with Crippen LogP contribution in [0, 0.1) is 5.92 Å². The number of oxazole rings is 1. The molecule has 0 atom stereocenters. The number of nitrogens with zero attached hydrogens (tertiary/aromatic N) is 3. The van der Waals surface area contributed by atoms with Gasteiger partial charge in [-0.15, -0.1) is 24.0 Å². The van der Waals surface area contributed by atoms with Crippen molar-refractivity contribution in [3.8, 4) is 11.5 Å². The fourth-order valence-corrected chi connectivity index (χ4v) is 3.19. The van der Waals surface area contributed by atoms with Gasteiger partial charge in [0.25, 0.3) is 0 Å². The highest BCUT2D eigenvalue weighted by Gasteiger charge is 2.27. The minimum atomic E-state index is -0.0869. The molecular formula is C20H27IN4O3. The van der Waals surface area contributed by atoms with Crippen LogP contribution in [-0.4, -0.2) is 48.6 Å². The van der Waals surface area contributed by atoms with Gasteiger partial charge in [-0.25, -0.2) is 4.98 Å². The van der Waals surface area contributed by atoms with E-state index in [1.165, 1.54) is 0 Å². The van der Waals surface area contributed by atoms with Crippen LogP contribution in [0.5, 0.6) is 0 Å². The number of aromatic nitrogens is 1. The molecule has 0 saturated carbocycles. The number of rotatable bonds is 5. The van der Waals surface area contributed by atoms with Crippen molar-refractivity contribution in [1.29, 1.82) is 0 Å². The number of aliphatic imine (C=N–C) groups is 1. The summed E-state index contributed by atoms with van der Waals surface area (Å²) in [5.74, 6) is 1.32. The minimum Gasteiger partial charge on any atom is -0.466 e. The lowest BCUT2D eigenvalue weighted by Gasteiger charge is -2.33. The van der Waals surface area contributed by atoms with Gasteiger partial charge in [0.1, 0.15) is 6.26 Å². The zero-order chi connectivity index (χ0) is 19.1. The third kappa shape index (κ3) is 5.70. The highest BCUT2D eigenvalue weighted by atomic mass is 127. The number of halogens is 1. The number of hydrogen-bond acceptors (Lipinski definition) is 5. The third-order valence-electron chi connectivity index (χ3n) is 4.63.